The van der Waals surface area contributed by atoms with E-state index in [1.54, 1.807) is 6.33 Å². The van der Waals surface area contributed by atoms with Crippen molar-refractivity contribution >= 4 is 46.1 Å². The lowest BCUT2D eigenvalue weighted by Crippen LogP contribution is -2.45. The maximum absolute atomic E-state index is 12.3. The van der Waals surface area contributed by atoms with Crippen LogP contribution in [0.25, 0.3) is 28.2 Å². The zero-order valence-electron chi connectivity index (χ0n) is 21.0. The molecule has 3 heterocycles. The first kappa shape index (κ1) is 25.5. The molecule has 0 saturated carbocycles. The van der Waals surface area contributed by atoms with Crippen molar-refractivity contribution < 1.29 is 4.79 Å². The number of piperidine rings is 1. The van der Waals surface area contributed by atoms with Gasteiger partial charge in [0.2, 0.25) is 5.91 Å². The Morgan fingerprint density at radius 1 is 1.05 bits per heavy atom. The molecule has 1 amide bonds. The standard InChI is InChI=1S/C28H30Cl2N6O/c1-18(2)7-12-24(37)33-20-13-15-35(16-14-20)27-25-28(32-17-31-27)36(21-10-8-19(29)9-11-21)26(34-25)22-5-3-4-6-23(22)30/h3-6,8-11,17-18,20H,7,12-16H2,1-2H3,(H,33,37). The highest BCUT2D eigenvalue weighted by Gasteiger charge is 2.26. The largest absolute Gasteiger partial charge is 0.355 e. The molecule has 0 unspecified atom stereocenters. The van der Waals surface area contributed by atoms with Crippen molar-refractivity contribution in [3.05, 3.63) is 64.9 Å². The van der Waals surface area contributed by atoms with Crippen LogP contribution in [0.4, 0.5) is 5.82 Å². The summed E-state index contributed by atoms with van der Waals surface area (Å²) in [6.07, 6.45) is 4.79. The fourth-order valence-electron chi connectivity index (χ4n) is 4.72. The van der Waals surface area contributed by atoms with Crippen molar-refractivity contribution in [1.29, 1.82) is 0 Å². The van der Waals surface area contributed by atoms with Crippen LogP contribution in [0.2, 0.25) is 10.0 Å². The quantitative estimate of drug-likeness (QED) is 0.299. The van der Waals surface area contributed by atoms with E-state index in [1.165, 1.54) is 0 Å². The fraction of sp³-hybridized carbons (Fsp3) is 0.357. The highest BCUT2D eigenvalue weighted by atomic mass is 35.5. The minimum absolute atomic E-state index is 0.141. The van der Waals surface area contributed by atoms with Gasteiger partial charge in [-0.15, -0.1) is 0 Å². The predicted octanol–water partition coefficient (Wildman–Crippen LogP) is 6.31. The highest BCUT2D eigenvalue weighted by Crippen LogP contribution is 2.35. The topological polar surface area (TPSA) is 75.9 Å². The number of halogens is 2. The molecular weight excluding hydrogens is 507 g/mol. The number of hydrogen-bond donors (Lipinski definition) is 1. The number of rotatable bonds is 7. The molecule has 2 aromatic carbocycles. The predicted molar refractivity (Wildman–Crippen MR) is 150 cm³/mol. The van der Waals surface area contributed by atoms with Crippen molar-refractivity contribution in [3.63, 3.8) is 0 Å². The smallest absolute Gasteiger partial charge is 0.220 e. The number of anilines is 1. The molecule has 9 heteroatoms. The number of aromatic nitrogens is 4. The molecule has 37 heavy (non-hydrogen) atoms. The molecule has 4 aromatic rings. The first-order chi connectivity index (χ1) is 17.9. The van der Waals surface area contributed by atoms with Gasteiger partial charge in [0.1, 0.15) is 12.2 Å². The molecule has 0 bridgehead atoms. The van der Waals surface area contributed by atoms with Crippen LogP contribution >= 0.6 is 23.2 Å². The SMILES string of the molecule is CC(C)CCC(=O)NC1CCN(c2ncnc3c2nc(-c2ccccc2Cl)n3-c2ccc(Cl)cc2)CC1. The summed E-state index contributed by atoms with van der Waals surface area (Å²) in [6.45, 7) is 5.83. The monoisotopic (exact) mass is 536 g/mol. The molecule has 1 aliphatic heterocycles. The van der Waals surface area contributed by atoms with Crippen LogP contribution < -0.4 is 10.2 Å². The van der Waals surface area contributed by atoms with Gasteiger partial charge in [0.05, 0.1) is 5.02 Å². The number of nitrogens with one attached hydrogen (secondary N) is 1. The molecule has 2 aromatic heterocycles. The molecule has 5 rings (SSSR count). The van der Waals surface area contributed by atoms with Gasteiger partial charge < -0.3 is 10.2 Å². The Morgan fingerprint density at radius 3 is 2.49 bits per heavy atom. The van der Waals surface area contributed by atoms with E-state index in [4.69, 9.17) is 28.2 Å². The molecule has 0 radical (unpaired) electrons. The highest BCUT2D eigenvalue weighted by molar-refractivity contribution is 6.33. The number of amides is 1. The third-order valence-corrected chi connectivity index (χ3v) is 7.31. The Morgan fingerprint density at radius 2 is 1.78 bits per heavy atom. The molecule has 1 aliphatic rings. The zero-order chi connectivity index (χ0) is 25.9. The number of benzene rings is 2. The van der Waals surface area contributed by atoms with Crippen molar-refractivity contribution in [3.8, 4) is 17.1 Å². The summed E-state index contributed by atoms with van der Waals surface area (Å²) >= 11 is 12.8. The Bertz CT molecular complexity index is 1390. The first-order valence-corrected chi connectivity index (χ1v) is 13.4. The number of hydrogen-bond acceptors (Lipinski definition) is 5. The average molecular weight is 537 g/mol. The molecule has 1 N–H and O–H groups in total. The summed E-state index contributed by atoms with van der Waals surface area (Å²) in [6, 6.07) is 15.4. The summed E-state index contributed by atoms with van der Waals surface area (Å²) in [7, 11) is 0. The van der Waals surface area contributed by atoms with Gasteiger partial charge in [-0.25, -0.2) is 15.0 Å². The number of carbonyl (C=O) groups excluding carboxylic acids is 1. The van der Waals surface area contributed by atoms with Crippen LogP contribution in [0.3, 0.4) is 0 Å². The lowest BCUT2D eigenvalue weighted by molar-refractivity contribution is -0.122. The van der Waals surface area contributed by atoms with Gasteiger partial charge in [0.15, 0.2) is 17.0 Å². The van der Waals surface area contributed by atoms with Crippen LogP contribution in [0.1, 0.15) is 39.5 Å². The van der Waals surface area contributed by atoms with E-state index < -0.39 is 0 Å². The maximum Gasteiger partial charge on any atom is 0.220 e. The second-order valence-corrected chi connectivity index (χ2v) is 10.7. The lowest BCUT2D eigenvalue weighted by Gasteiger charge is -2.33. The van der Waals surface area contributed by atoms with Gasteiger partial charge >= 0.3 is 0 Å². The summed E-state index contributed by atoms with van der Waals surface area (Å²) in [5.74, 6) is 2.14. The van der Waals surface area contributed by atoms with Gasteiger partial charge in [0.25, 0.3) is 0 Å². The van der Waals surface area contributed by atoms with Crippen molar-refractivity contribution in [2.45, 2.75) is 45.6 Å². The van der Waals surface area contributed by atoms with Gasteiger partial charge in [0, 0.05) is 41.8 Å². The van der Waals surface area contributed by atoms with Crippen LogP contribution in [0.5, 0.6) is 0 Å². The normalized spacial score (nSPS) is 14.5. The van der Waals surface area contributed by atoms with E-state index in [1.807, 2.05) is 53.1 Å². The molecule has 192 valence electrons. The zero-order valence-corrected chi connectivity index (χ0v) is 22.5. The number of carbonyl (C=O) groups is 1. The van der Waals surface area contributed by atoms with Gasteiger partial charge in [-0.2, -0.15) is 0 Å². The molecule has 1 saturated heterocycles. The van der Waals surface area contributed by atoms with Crippen LogP contribution in [-0.2, 0) is 4.79 Å². The van der Waals surface area contributed by atoms with E-state index in [0.29, 0.717) is 39.4 Å². The minimum atomic E-state index is 0.141. The summed E-state index contributed by atoms with van der Waals surface area (Å²) < 4.78 is 2.00. The fourth-order valence-corrected chi connectivity index (χ4v) is 5.07. The third-order valence-electron chi connectivity index (χ3n) is 6.73. The van der Waals surface area contributed by atoms with Gasteiger partial charge in [-0.05, 0) is 61.6 Å². The molecule has 7 nitrogen and oxygen atoms in total. The first-order valence-electron chi connectivity index (χ1n) is 12.7. The van der Waals surface area contributed by atoms with Crippen LogP contribution in [0, 0.1) is 5.92 Å². The van der Waals surface area contributed by atoms with Crippen molar-refractivity contribution in [1.82, 2.24) is 24.8 Å². The molecule has 0 aliphatic carbocycles. The summed E-state index contributed by atoms with van der Waals surface area (Å²) in [5.41, 5.74) is 3.11. The average Bonchev–Trinajstić information content (AvgIpc) is 3.28. The minimum Gasteiger partial charge on any atom is -0.355 e. The number of nitrogens with zero attached hydrogens (tertiary/aromatic N) is 5. The van der Waals surface area contributed by atoms with Crippen LogP contribution in [0.15, 0.2) is 54.9 Å². The van der Waals surface area contributed by atoms with E-state index in [-0.39, 0.29) is 11.9 Å². The Balaban J connectivity index is 1.46. The Kier molecular flexibility index (Phi) is 7.63. The molecule has 0 spiro atoms. The van der Waals surface area contributed by atoms with Crippen molar-refractivity contribution in [2.24, 2.45) is 5.92 Å². The maximum atomic E-state index is 12.3. The Hall–Kier alpha value is -3.16. The van der Waals surface area contributed by atoms with Gasteiger partial charge in [-0.1, -0.05) is 49.2 Å². The van der Waals surface area contributed by atoms with E-state index in [9.17, 15) is 4.79 Å². The second-order valence-electron chi connectivity index (χ2n) is 9.86. The Labute approximate surface area is 226 Å². The second kappa shape index (κ2) is 11.1. The van der Waals surface area contributed by atoms with E-state index in [0.717, 1.165) is 49.4 Å². The number of fused-ring (bicyclic) bond motifs is 1. The van der Waals surface area contributed by atoms with Gasteiger partial charge in [-0.3, -0.25) is 9.36 Å². The molecule has 1 fully saturated rings. The summed E-state index contributed by atoms with van der Waals surface area (Å²) in [5, 5.41) is 4.47. The summed E-state index contributed by atoms with van der Waals surface area (Å²) in [4.78, 5) is 28.9. The van der Waals surface area contributed by atoms with Crippen molar-refractivity contribution in [2.75, 3.05) is 18.0 Å². The van der Waals surface area contributed by atoms with E-state index >= 15 is 0 Å². The third kappa shape index (κ3) is 5.58. The van der Waals surface area contributed by atoms with E-state index in [2.05, 4.69) is 34.0 Å². The molecule has 0 atom stereocenters. The molecular formula is C28H30Cl2N6O. The lowest BCUT2D eigenvalue weighted by atomic mass is 10.0. The van der Waals surface area contributed by atoms with Crippen LogP contribution in [-0.4, -0.2) is 44.6 Å². The number of imidazole rings is 1.